The first-order chi connectivity index (χ1) is 10.3. The van der Waals surface area contributed by atoms with Crippen LogP contribution in [0.15, 0.2) is 30.5 Å². The van der Waals surface area contributed by atoms with Crippen molar-refractivity contribution in [1.29, 1.82) is 0 Å². The third-order valence-corrected chi connectivity index (χ3v) is 4.11. The van der Waals surface area contributed by atoms with E-state index in [2.05, 4.69) is 5.10 Å². The van der Waals surface area contributed by atoms with Gasteiger partial charge in [-0.25, -0.2) is 4.98 Å². The van der Waals surface area contributed by atoms with Crippen molar-refractivity contribution in [3.8, 4) is 16.9 Å². The van der Waals surface area contributed by atoms with E-state index in [0.29, 0.717) is 0 Å². The van der Waals surface area contributed by atoms with Crippen LogP contribution in [-0.2, 0) is 12.8 Å². The number of aromatic nitrogens is 3. The summed E-state index contributed by atoms with van der Waals surface area (Å²) >= 11 is 0. The molecule has 0 saturated carbocycles. The van der Waals surface area contributed by atoms with Gasteiger partial charge in [-0.05, 0) is 37.0 Å². The maximum absolute atomic E-state index is 6.25. The molecule has 2 aromatic heterocycles. The highest BCUT2D eigenvalue weighted by Crippen LogP contribution is 2.31. The van der Waals surface area contributed by atoms with E-state index < -0.39 is 0 Å². The van der Waals surface area contributed by atoms with Gasteiger partial charge in [0.25, 0.3) is 0 Å². The smallest absolute Gasteiger partial charge is 0.165 e. The second-order valence-electron chi connectivity index (χ2n) is 5.30. The van der Waals surface area contributed by atoms with Gasteiger partial charge in [-0.15, -0.1) is 0 Å². The standard InChI is InChI=1S/C16H16N4O/c1-21-11-7-5-10(6-8-11)13-9-18-20-15(17)12-3-2-4-14(12)19-16(13)20/h5-9H,2-4,17H2,1H3. The number of nitrogens with zero attached hydrogens (tertiary/aromatic N) is 3. The molecule has 106 valence electrons. The fraction of sp³-hybridized carbons (Fsp3) is 0.250. The first-order valence-corrected chi connectivity index (χ1v) is 7.07. The molecular weight excluding hydrogens is 264 g/mol. The fourth-order valence-electron chi connectivity index (χ4n) is 2.98. The summed E-state index contributed by atoms with van der Waals surface area (Å²) in [5.74, 6) is 1.57. The zero-order valence-electron chi connectivity index (χ0n) is 11.8. The van der Waals surface area contributed by atoms with E-state index in [9.17, 15) is 0 Å². The number of nitrogen functional groups attached to an aromatic ring is 1. The van der Waals surface area contributed by atoms with Gasteiger partial charge in [0.2, 0.25) is 0 Å². The van der Waals surface area contributed by atoms with Gasteiger partial charge in [-0.1, -0.05) is 12.1 Å². The molecule has 2 N–H and O–H groups in total. The molecule has 0 fully saturated rings. The molecule has 0 atom stereocenters. The number of hydrogen-bond donors (Lipinski definition) is 1. The van der Waals surface area contributed by atoms with Crippen LogP contribution in [0.1, 0.15) is 17.7 Å². The Kier molecular flexibility index (Phi) is 2.60. The van der Waals surface area contributed by atoms with Crippen LogP contribution in [0.4, 0.5) is 5.82 Å². The van der Waals surface area contributed by atoms with Crippen molar-refractivity contribution in [1.82, 2.24) is 14.6 Å². The zero-order chi connectivity index (χ0) is 14.4. The molecule has 0 radical (unpaired) electrons. The summed E-state index contributed by atoms with van der Waals surface area (Å²) < 4.78 is 6.95. The summed E-state index contributed by atoms with van der Waals surface area (Å²) in [6.45, 7) is 0. The molecule has 5 nitrogen and oxygen atoms in total. The lowest BCUT2D eigenvalue weighted by Gasteiger charge is -2.07. The number of benzene rings is 1. The van der Waals surface area contributed by atoms with Crippen LogP contribution in [0.2, 0.25) is 0 Å². The summed E-state index contributed by atoms with van der Waals surface area (Å²) in [7, 11) is 1.66. The largest absolute Gasteiger partial charge is 0.497 e. The van der Waals surface area contributed by atoms with Crippen molar-refractivity contribution in [2.75, 3.05) is 12.8 Å². The van der Waals surface area contributed by atoms with Crippen molar-refractivity contribution >= 4 is 11.5 Å². The van der Waals surface area contributed by atoms with E-state index in [1.165, 1.54) is 0 Å². The molecule has 0 saturated heterocycles. The third-order valence-electron chi connectivity index (χ3n) is 4.11. The topological polar surface area (TPSA) is 65.4 Å². The Hall–Kier alpha value is -2.56. The van der Waals surface area contributed by atoms with Crippen molar-refractivity contribution in [3.63, 3.8) is 0 Å². The molecular formula is C16H16N4O. The minimum absolute atomic E-state index is 0.729. The maximum atomic E-state index is 6.25. The molecule has 1 aromatic carbocycles. The van der Waals surface area contributed by atoms with Gasteiger partial charge < -0.3 is 10.5 Å². The van der Waals surface area contributed by atoms with Crippen LogP contribution in [0.3, 0.4) is 0 Å². The minimum atomic E-state index is 0.729. The SMILES string of the molecule is COc1ccc(-c2cnn3c(N)c4c(nc23)CCC4)cc1. The van der Waals surface area contributed by atoms with Crippen LogP contribution in [0, 0.1) is 0 Å². The number of rotatable bonds is 2. The zero-order valence-corrected chi connectivity index (χ0v) is 11.8. The Morgan fingerprint density at radius 2 is 2.00 bits per heavy atom. The number of methoxy groups -OCH3 is 1. The average molecular weight is 280 g/mol. The lowest BCUT2D eigenvalue weighted by molar-refractivity contribution is 0.415. The second kappa shape index (κ2) is 4.48. The Balaban J connectivity index is 1.91. The summed E-state index contributed by atoms with van der Waals surface area (Å²) in [6, 6.07) is 7.91. The highest BCUT2D eigenvalue weighted by atomic mass is 16.5. The summed E-state index contributed by atoms with van der Waals surface area (Å²) in [5.41, 5.74) is 11.4. The molecule has 0 bridgehead atoms. The highest BCUT2D eigenvalue weighted by Gasteiger charge is 2.20. The first-order valence-electron chi connectivity index (χ1n) is 7.07. The van der Waals surface area contributed by atoms with Crippen LogP contribution < -0.4 is 10.5 Å². The lowest BCUT2D eigenvalue weighted by atomic mass is 10.1. The molecule has 0 aliphatic heterocycles. The summed E-state index contributed by atoms with van der Waals surface area (Å²) in [4.78, 5) is 4.78. The average Bonchev–Trinajstić information content (AvgIpc) is 3.15. The van der Waals surface area contributed by atoms with Gasteiger partial charge in [0.05, 0.1) is 13.3 Å². The Morgan fingerprint density at radius 3 is 2.76 bits per heavy atom. The molecule has 21 heavy (non-hydrogen) atoms. The van der Waals surface area contributed by atoms with Crippen molar-refractivity contribution in [3.05, 3.63) is 41.7 Å². The number of fused-ring (bicyclic) bond motifs is 2. The Morgan fingerprint density at radius 1 is 1.19 bits per heavy atom. The molecule has 5 heteroatoms. The molecule has 0 amide bonds. The number of hydrogen-bond acceptors (Lipinski definition) is 4. The van der Waals surface area contributed by atoms with Gasteiger partial charge in [0, 0.05) is 16.8 Å². The molecule has 3 aromatic rings. The van der Waals surface area contributed by atoms with Crippen molar-refractivity contribution < 1.29 is 4.74 Å². The number of nitrogens with two attached hydrogens (primary N) is 1. The van der Waals surface area contributed by atoms with Gasteiger partial charge in [-0.3, -0.25) is 0 Å². The predicted octanol–water partition coefficient (Wildman–Crippen LogP) is 2.48. The van der Waals surface area contributed by atoms with Gasteiger partial charge >= 0.3 is 0 Å². The van der Waals surface area contributed by atoms with Crippen LogP contribution in [0.5, 0.6) is 5.75 Å². The highest BCUT2D eigenvalue weighted by molar-refractivity contribution is 5.79. The third kappa shape index (κ3) is 1.77. The Labute approximate surface area is 122 Å². The monoisotopic (exact) mass is 280 g/mol. The summed E-state index contributed by atoms with van der Waals surface area (Å²) in [6.07, 6.45) is 4.96. The van der Waals surface area contributed by atoms with Crippen molar-refractivity contribution in [2.24, 2.45) is 0 Å². The van der Waals surface area contributed by atoms with E-state index in [0.717, 1.165) is 58.9 Å². The molecule has 1 aliphatic carbocycles. The summed E-state index contributed by atoms with van der Waals surface area (Å²) in [5, 5.41) is 4.41. The molecule has 4 rings (SSSR count). The molecule has 2 heterocycles. The lowest BCUT2D eigenvalue weighted by Crippen LogP contribution is -2.06. The maximum Gasteiger partial charge on any atom is 0.165 e. The number of anilines is 1. The number of ether oxygens (including phenoxy) is 1. The van der Waals surface area contributed by atoms with E-state index in [1.54, 1.807) is 11.6 Å². The fourth-order valence-corrected chi connectivity index (χ4v) is 2.98. The second-order valence-corrected chi connectivity index (χ2v) is 5.30. The molecule has 0 unspecified atom stereocenters. The van der Waals surface area contributed by atoms with Crippen molar-refractivity contribution in [2.45, 2.75) is 19.3 Å². The first kappa shape index (κ1) is 12.2. The van der Waals surface area contributed by atoms with Crippen LogP contribution in [-0.4, -0.2) is 21.7 Å². The van der Waals surface area contributed by atoms with Gasteiger partial charge in [0.1, 0.15) is 11.6 Å². The molecule has 1 aliphatic rings. The van der Waals surface area contributed by atoms with E-state index >= 15 is 0 Å². The van der Waals surface area contributed by atoms with Crippen LogP contribution in [0.25, 0.3) is 16.8 Å². The number of aryl methyl sites for hydroxylation is 1. The van der Waals surface area contributed by atoms with E-state index in [-0.39, 0.29) is 0 Å². The Bertz CT molecular complexity index is 820. The quantitative estimate of drug-likeness (QED) is 0.783. The minimum Gasteiger partial charge on any atom is -0.497 e. The predicted molar refractivity (Wildman–Crippen MR) is 81.4 cm³/mol. The van der Waals surface area contributed by atoms with Gasteiger partial charge in [-0.2, -0.15) is 9.61 Å². The molecule has 0 spiro atoms. The normalized spacial score (nSPS) is 13.6. The van der Waals surface area contributed by atoms with Crippen LogP contribution >= 0.6 is 0 Å². The van der Waals surface area contributed by atoms with Gasteiger partial charge in [0.15, 0.2) is 5.65 Å². The van der Waals surface area contributed by atoms with E-state index in [4.69, 9.17) is 15.5 Å². The van der Waals surface area contributed by atoms with E-state index in [1.807, 2.05) is 30.5 Å².